The molecule has 4 heterocycles. The van der Waals surface area contributed by atoms with E-state index < -0.39 is 49.9 Å². The molecule has 2 aliphatic rings. The normalized spacial score (nSPS) is 16.9. The number of carbonyl (C=O) groups excluding carboxylic acids is 2. The van der Waals surface area contributed by atoms with Gasteiger partial charge >= 0.3 is 11.9 Å². The number of hydrogen-bond donors (Lipinski definition) is 1. The van der Waals surface area contributed by atoms with Gasteiger partial charge in [-0.25, -0.2) is 14.6 Å². The van der Waals surface area contributed by atoms with Crippen LogP contribution in [-0.4, -0.2) is 31.3 Å². The molecule has 0 saturated carbocycles. The van der Waals surface area contributed by atoms with Crippen molar-refractivity contribution in [1.82, 2.24) is 9.55 Å². The van der Waals surface area contributed by atoms with Crippen molar-refractivity contribution in [2.45, 2.75) is 32.1 Å². The molecule has 206 valence electrons. The van der Waals surface area contributed by atoms with Crippen molar-refractivity contribution >= 4 is 39.9 Å². The number of rotatable bonds is 5. The van der Waals surface area contributed by atoms with Crippen LogP contribution < -0.4 is 11.3 Å². The van der Waals surface area contributed by atoms with Gasteiger partial charge in [0, 0.05) is 34.3 Å². The first kappa shape index (κ1) is 25.6. The average Bonchev–Trinajstić information content (AvgIpc) is 3.31. The van der Waals surface area contributed by atoms with Gasteiger partial charge in [0.1, 0.15) is 6.61 Å². The number of ether oxygens (including phenoxy) is 2. The SMILES string of the molecule is CC[C@@]1(OC(=O)c2cc([N+](=O)[O-])cc([N+](=O)[O-])c2)C(=O)OCc2c1cc1n(c2=O)Cc2cc3c(N)cccc3nc2-1. The van der Waals surface area contributed by atoms with Crippen LogP contribution in [0, 0.1) is 20.2 Å². The lowest BCUT2D eigenvalue weighted by Gasteiger charge is -2.35. The van der Waals surface area contributed by atoms with Gasteiger partial charge < -0.3 is 19.8 Å². The lowest BCUT2D eigenvalue weighted by atomic mass is 9.85. The zero-order valence-corrected chi connectivity index (χ0v) is 21.3. The smallest absolute Gasteiger partial charge is 0.355 e. The molecule has 0 aliphatic carbocycles. The minimum Gasteiger partial charge on any atom is -0.457 e. The van der Waals surface area contributed by atoms with Gasteiger partial charge in [0.05, 0.1) is 50.5 Å². The molecule has 14 heteroatoms. The highest BCUT2D eigenvalue weighted by atomic mass is 16.6. The van der Waals surface area contributed by atoms with E-state index in [1.165, 1.54) is 11.5 Å². The Labute approximate surface area is 229 Å². The number of hydrogen-bond acceptors (Lipinski definition) is 11. The highest BCUT2D eigenvalue weighted by Gasteiger charge is 2.50. The van der Waals surface area contributed by atoms with Gasteiger partial charge in [0.2, 0.25) is 5.60 Å². The molecule has 0 saturated heterocycles. The largest absolute Gasteiger partial charge is 0.457 e. The van der Waals surface area contributed by atoms with Crippen LogP contribution >= 0.6 is 0 Å². The van der Waals surface area contributed by atoms with E-state index in [2.05, 4.69) is 0 Å². The molecule has 0 radical (unpaired) electrons. The molecule has 2 N–H and O–H groups in total. The summed E-state index contributed by atoms with van der Waals surface area (Å²) in [5, 5.41) is 23.4. The Hall–Kier alpha value is -5.66. The van der Waals surface area contributed by atoms with E-state index in [1.54, 1.807) is 24.3 Å². The third-order valence-electron chi connectivity index (χ3n) is 7.38. The molecule has 0 amide bonds. The summed E-state index contributed by atoms with van der Waals surface area (Å²) in [5.74, 6) is -2.20. The zero-order chi connectivity index (χ0) is 29.2. The lowest BCUT2D eigenvalue weighted by Crippen LogP contribution is -2.47. The molecular weight excluding hydrogens is 538 g/mol. The predicted molar refractivity (Wildman–Crippen MR) is 142 cm³/mol. The number of non-ortho nitro benzene ring substituents is 2. The number of nitrogen functional groups attached to an aromatic ring is 1. The molecule has 0 fully saturated rings. The number of nitrogens with two attached hydrogens (primary N) is 1. The summed E-state index contributed by atoms with van der Waals surface area (Å²) in [6.45, 7) is 1.36. The van der Waals surface area contributed by atoms with Gasteiger partial charge in [-0.1, -0.05) is 13.0 Å². The minimum atomic E-state index is -2.11. The van der Waals surface area contributed by atoms with Crippen molar-refractivity contribution < 1.29 is 28.9 Å². The van der Waals surface area contributed by atoms with Crippen molar-refractivity contribution in [2.75, 3.05) is 5.73 Å². The van der Waals surface area contributed by atoms with E-state index in [0.717, 1.165) is 23.1 Å². The summed E-state index contributed by atoms with van der Waals surface area (Å²) in [4.78, 5) is 65.8. The Morgan fingerprint density at radius 2 is 1.83 bits per heavy atom. The van der Waals surface area contributed by atoms with Crippen molar-refractivity contribution in [3.8, 4) is 11.4 Å². The highest BCUT2D eigenvalue weighted by Crippen LogP contribution is 2.42. The van der Waals surface area contributed by atoms with Crippen molar-refractivity contribution in [2.24, 2.45) is 0 Å². The van der Waals surface area contributed by atoms with Gasteiger partial charge in [0.15, 0.2) is 0 Å². The molecule has 0 bridgehead atoms. The van der Waals surface area contributed by atoms with E-state index in [0.29, 0.717) is 28.7 Å². The number of fused-ring (bicyclic) bond motifs is 5. The average molecular weight is 557 g/mol. The van der Waals surface area contributed by atoms with E-state index in [4.69, 9.17) is 20.2 Å². The second kappa shape index (κ2) is 8.94. The summed E-state index contributed by atoms with van der Waals surface area (Å²) >= 11 is 0. The standard InChI is InChI=1S/C27H19N5O9/c1-2-27(41-25(34)13-6-15(31(36)37)9-16(7-13)32(38)39)19-10-22-23-14(8-17-20(28)4-3-5-21(17)29-23)11-30(22)24(33)18(19)12-40-26(27)35/h3-10H,2,11-12,28H2,1H3/t27-/m0/s1. The summed E-state index contributed by atoms with van der Waals surface area (Å²) in [5.41, 5.74) is 4.50. The number of nitro groups is 2. The maximum atomic E-state index is 13.7. The topological polar surface area (TPSA) is 200 Å². The molecule has 2 aromatic carbocycles. The second-order valence-corrected chi connectivity index (χ2v) is 9.62. The maximum absolute atomic E-state index is 13.7. The van der Waals surface area contributed by atoms with Gasteiger partial charge in [0.25, 0.3) is 16.9 Å². The number of benzene rings is 2. The van der Waals surface area contributed by atoms with Crippen LogP contribution in [0.5, 0.6) is 0 Å². The number of nitrogens with zero attached hydrogens (tertiary/aromatic N) is 4. The molecule has 0 spiro atoms. The number of aromatic nitrogens is 2. The van der Waals surface area contributed by atoms with E-state index in [-0.39, 0.29) is 30.7 Å². The van der Waals surface area contributed by atoms with Gasteiger partial charge in [-0.05, 0) is 30.7 Å². The first-order valence-corrected chi connectivity index (χ1v) is 12.3. The van der Waals surface area contributed by atoms with Crippen LogP contribution in [0.15, 0.2) is 53.3 Å². The molecule has 6 rings (SSSR count). The van der Waals surface area contributed by atoms with Crippen molar-refractivity contribution in [3.63, 3.8) is 0 Å². The van der Waals surface area contributed by atoms with E-state index in [1.807, 2.05) is 6.07 Å². The molecule has 0 unspecified atom stereocenters. The Balaban J connectivity index is 1.50. The number of esters is 2. The van der Waals surface area contributed by atoms with Crippen LogP contribution in [0.2, 0.25) is 0 Å². The predicted octanol–water partition coefficient (Wildman–Crippen LogP) is 3.34. The number of cyclic esters (lactones) is 1. The fourth-order valence-corrected chi connectivity index (χ4v) is 5.32. The second-order valence-electron chi connectivity index (χ2n) is 9.62. The van der Waals surface area contributed by atoms with Crippen LogP contribution in [0.3, 0.4) is 0 Å². The fraction of sp³-hybridized carbons (Fsp3) is 0.185. The summed E-state index contributed by atoms with van der Waals surface area (Å²) < 4.78 is 12.4. The quantitative estimate of drug-likeness (QED) is 0.144. The van der Waals surface area contributed by atoms with Gasteiger partial charge in [-0.2, -0.15) is 0 Å². The van der Waals surface area contributed by atoms with E-state index >= 15 is 0 Å². The molecular formula is C27H19N5O9. The third kappa shape index (κ3) is 3.79. The molecule has 41 heavy (non-hydrogen) atoms. The zero-order valence-electron chi connectivity index (χ0n) is 21.3. The fourth-order valence-electron chi connectivity index (χ4n) is 5.32. The van der Waals surface area contributed by atoms with Crippen LogP contribution in [0.4, 0.5) is 17.1 Å². The van der Waals surface area contributed by atoms with Crippen LogP contribution in [-0.2, 0) is 33.0 Å². The Morgan fingerprint density at radius 3 is 2.49 bits per heavy atom. The summed E-state index contributed by atoms with van der Waals surface area (Å²) in [6, 6.07) is 11.0. The number of nitro benzene ring substituents is 2. The number of carbonyl (C=O) groups is 2. The number of pyridine rings is 2. The maximum Gasteiger partial charge on any atom is 0.355 e. The van der Waals surface area contributed by atoms with Crippen molar-refractivity contribution in [1.29, 1.82) is 0 Å². The van der Waals surface area contributed by atoms with Crippen LogP contribution in [0.1, 0.15) is 40.4 Å². The van der Waals surface area contributed by atoms with Crippen LogP contribution in [0.25, 0.3) is 22.3 Å². The summed E-state index contributed by atoms with van der Waals surface area (Å²) in [6.07, 6.45) is -0.168. The first-order chi connectivity index (χ1) is 19.5. The molecule has 2 aliphatic heterocycles. The van der Waals surface area contributed by atoms with Crippen molar-refractivity contribution in [3.05, 3.63) is 101 Å². The monoisotopic (exact) mass is 557 g/mol. The molecule has 14 nitrogen and oxygen atoms in total. The Bertz CT molecular complexity index is 1900. The number of anilines is 1. The first-order valence-electron chi connectivity index (χ1n) is 12.3. The van der Waals surface area contributed by atoms with E-state index in [9.17, 15) is 34.6 Å². The minimum absolute atomic E-state index is 0.0862. The summed E-state index contributed by atoms with van der Waals surface area (Å²) in [7, 11) is 0. The van der Waals surface area contributed by atoms with Gasteiger partial charge in [-0.15, -0.1) is 0 Å². The Kier molecular flexibility index (Phi) is 5.58. The Morgan fingerprint density at radius 1 is 1.12 bits per heavy atom. The lowest BCUT2D eigenvalue weighted by molar-refractivity contribution is -0.394. The molecule has 4 aromatic rings. The molecule has 2 aromatic heterocycles. The van der Waals surface area contributed by atoms with Gasteiger partial charge in [-0.3, -0.25) is 25.0 Å². The third-order valence-corrected chi connectivity index (χ3v) is 7.38. The molecule has 1 atom stereocenters. The highest BCUT2D eigenvalue weighted by molar-refractivity contribution is 5.96.